The summed E-state index contributed by atoms with van der Waals surface area (Å²) in [4.78, 5) is 28.6. The second-order valence-corrected chi connectivity index (χ2v) is 8.88. The molecule has 0 radical (unpaired) electrons. The highest BCUT2D eigenvalue weighted by Gasteiger charge is 2.45. The van der Waals surface area contributed by atoms with Crippen molar-refractivity contribution >= 4 is 12.0 Å². The first-order chi connectivity index (χ1) is 13.2. The van der Waals surface area contributed by atoms with Gasteiger partial charge in [0.15, 0.2) is 0 Å². The van der Waals surface area contributed by atoms with Crippen molar-refractivity contribution in [2.75, 3.05) is 32.7 Å². The van der Waals surface area contributed by atoms with Crippen molar-refractivity contribution in [3.8, 4) is 0 Å². The van der Waals surface area contributed by atoms with Crippen molar-refractivity contribution < 1.29 is 14.3 Å². The van der Waals surface area contributed by atoms with E-state index in [1.807, 2.05) is 20.8 Å². The third-order valence-corrected chi connectivity index (χ3v) is 5.80. The molecule has 6 nitrogen and oxygen atoms in total. The highest BCUT2D eigenvalue weighted by atomic mass is 16.6. The highest BCUT2D eigenvalue weighted by molar-refractivity contribution is 5.75. The quantitative estimate of drug-likeness (QED) is 0.866. The predicted octanol–water partition coefficient (Wildman–Crippen LogP) is 2.91. The topological polar surface area (TPSA) is 61.9 Å². The lowest BCUT2D eigenvalue weighted by Gasteiger charge is -2.52. The van der Waals surface area contributed by atoms with Crippen LogP contribution in [0.25, 0.3) is 0 Å². The van der Waals surface area contributed by atoms with Crippen LogP contribution in [0.15, 0.2) is 24.3 Å². The van der Waals surface area contributed by atoms with E-state index >= 15 is 0 Å². The zero-order valence-corrected chi connectivity index (χ0v) is 17.6. The molecule has 0 unspecified atom stereocenters. The molecule has 1 N–H and O–H groups in total. The molecule has 2 heterocycles. The van der Waals surface area contributed by atoms with Crippen LogP contribution < -0.4 is 5.32 Å². The van der Waals surface area contributed by atoms with Crippen LogP contribution in [0, 0.1) is 0 Å². The molecule has 6 heteroatoms. The van der Waals surface area contributed by atoms with Gasteiger partial charge in [0.05, 0.1) is 5.54 Å². The first-order valence-electron chi connectivity index (χ1n) is 10.3. The van der Waals surface area contributed by atoms with Gasteiger partial charge in [-0.1, -0.05) is 24.3 Å². The van der Waals surface area contributed by atoms with Gasteiger partial charge in [0.2, 0.25) is 5.91 Å². The van der Waals surface area contributed by atoms with E-state index in [1.54, 1.807) is 6.92 Å². The van der Waals surface area contributed by atoms with Crippen molar-refractivity contribution in [3.63, 3.8) is 0 Å². The smallest absolute Gasteiger partial charge is 0.407 e. The fraction of sp³-hybridized carbons (Fsp3) is 0.636. The van der Waals surface area contributed by atoms with Crippen molar-refractivity contribution in [2.45, 2.75) is 58.1 Å². The average molecular weight is 388 g/mol. The summed E-state index contributed by atoms with van der Waals surface area (Å²) in [5, 5.41) is 2.83. The van der Waals surface area contributed by atoms with E-state index in [0.29, 0.717) is 6.54 Å². The van der Waals surface area contributed by atoms with E-state index in [9.17, 15) is 9.59 Å². The second kappa shape index (κ2) is 8.11. The molecule has 1 aromatic carbocycles. The molecular formula is C22H33N3O3. The molecule has 154 valence electrons. The van der Waals surface area contributed by atoms with E-state index < -0.39 is 5.60 Å². The fourth-order valence-electron chi connectivity index (χ4n) is 4.56. The molecule has 1 aromatic rings. The molecule has 2 amide bonds. The van der Waals surface area contributed by atoms with Crippen molar-refractivity contribution in [3.05, 3.63) is 35.4 Å². The van der Waals surface area contributed by atoms with Gasteiger partial charge in [-0.3, -0.25) is 4.79 Å². The Morgan fingerprint density at radius 2 is 1.82 bits per heavy atom. The molecule has 28 heavy (non-hydrogen) atoms. The molecule has 0 saturated carbocycles. The van der Waals surface area contributed by atoms with Gasteiger partial charge in [0.1, 0.15) is 5.60 Å². The van der Waals surface area contributed by atoms with E-state index in [4.69, 9.17) is 4.74 Å². The van der Waals surface area contributed by atoms with Crippen molar-refractivity contribution in [1.29, 1.82) is 0 Å². The summed E-state index contributed by atoms with van der Waals surface area (Å²) in [6.07, 6.45) is 2.41. The Bertz CT molecular complexity index is 718. The zero-order valence-electron chi connectivity index (χ0n) is 17.6. The number of hydrogen-bond donors (Lipinski definition) is 1. The Kier molecular flexibility index (Phi) is 5.98. The predicted molar refractivity (Wildman–Crippen MR) is 109 cm³/mol. The molecule has 0 bridgehead atoms. The van der Waals surface area contributed by atoms with Gasteiger partial charge in [0.25, 0.3) is 0 Å². The minimum atomic E-state index is -0.480. The van der Waals surface area contributed by atoms with Crippen molar-refractivity contribution in [1.82, 2.24) is 15.1 Å². The maximum atomic E-state index is 12.4. The fourth-order valence-corrected chi connectivity index (χ4v) is 4.56. The normalized spacial score (nSPS) is 19.2. The summed E-state index contributed by atoms with van der Waals surface area (Å²) < 4.78 is 5.28. The monoisotopic (exact) mass is 387 g/mol. The summed E-state index contributed by atoms with van der Waals surface area (Å²) in [5.74, 6) is 0.162. The number of alkyl carbamates (subject to hydrolysis) is 1. The molecule has 0 aromatic heterocycles. The molecule has 0 atom stereocenters. The number of piperidine rings is 1. The Balaban J connectivity index is 1.60. The van der Waals surface area contributed by atoms with Gasteiger partial charge < -0.3 is 19.9 Å². The standard InChI is InChI=1S/C22H33N3O3/c1-17(26)25-13-9-18-7-5-6-8-19(18)22(25)10-14-24(15-11-22)16-12-23-20(27)28-21(2,3)4/h5-8H,9-16H2,1-4H3,(H,23,27). The Hall–Kier alpha value is -2.08. The number of carbonyl (C=O) groups is 2. The summed E-state index contributed by atoms with van der Waals surface area (Å²) in [6, 6.07) is 8.57. The number of carbonyl (C=O) groups excluding carboxylic acids is 2. The summed E-state index contributed by atoms with van der Waals surface area (Å²) in [5.41, 5.74) is 2.03. The summed E-state index contributed by atoms with van der Waals surface area (Å²) in [7, 11) is 0. The van der Waals surface area contributed by atoms with E-state index in [0.717, 1.165) is 45.4 Å². The number of nitrogens with zero attached hydrogens (tertiary/aromatic N) is 2. The number of amides is 2. The molecule has 3 rings (SSSR count). The van der Waals surface area contributed by atoms with Gasteiger partial charge in [-0.25, -0.2) is 4.79 Å². The summed E-state index contributed by atoms with van der Waals surface area (Å²) >= 11 is 0. The average Bonchev–Trinajstić information content (AvgIpc) is 2.62. The Morgan fingerprint density at radius 3 is 2.46 bits per heavy atom. The minimum Gasteiger partial charge on any atom is -0.444 e. The Morgan fingerprint density at radius 1 is 1.14 bits per heavy atom. The number of hydrogen-bond acceptors (Lipinski definition) is 4. The van der Waals surface area contributed by atoms with Gasteiger partial charge in [-0.2, -0.15) is 0 Å². The van der Waals surface area contributed by atoms with E-state index in [1.165, 1.54) is 11.1 Å². The molecule has 1 spiro atoms. The number of ether oxygens (including phenoxy) is 1. The second-order valence-electron chi connectivity index (χ2n) is 8.88. The molecular weight excluding hydrogens is 354 g/mol. The van der Waals surface area contributed by atoms with Gasteiger partial charge in [-0.05, 0) is 51.2 Å². The first kappa shape index (κ1) is 20.6. The SMILES string of the molecule is CC(=O)N1CCc2ccccc2C12CCN(CCNC(=O)OC(C)(C)C)CC2. The number of rotatable bonds is 3. The van der Waals surface area contributed by atoms with Crippen LogP contribution in [0.1, 0.15) is 51.7 Å². The number of likely N-dealkylation sites (tertiary alicyclic amines) is 1. The summed E-state index contributed by atoms with van der Waals surface area (Å²) in [6.45, 7) is 11.2. The van der Waals surface area contributed by atoms with Crippen LogP contribution in [0.4, 0.5) is 4.79 Å². The lowest BCUT2D eigenvalue weighted by atomic mass is 9.74. The minimum absolute atomic E-state index is 0.162. The first-order valence-corrected chi connectivity index (χ1v) is 10.3. The molecule has 1 fully saturated rings. The van der Waals surface area contributed by atoms with Crippen LogP contribution in [0.3, 0.4) is 0 Å². The molecule has 2 aliphatic rings. The largest absolute Gasteiger partial charge is 0.444 e. The number of fused-ring (bicyclic) bond motifs is 2. The number of benzene rings is 1. The van der Waals surface area contributed by atoms with Gasteiger partial charge in [-0.15, -0.1) is 0 Å². The molecule has 1 saturated heterocycles. The Labute approximate surface area is 168 Å². The highest BCUT2D eigenvalue weighted by Crippen LogP contribution is 2.43. The number of nitrogens with one attached hydrogen (secondary N) is 1. The van der Waals surface area contributed by atoms with E-state index in [2.05, 4.69) is 39.4 Å². The third-order valence-electron chi connectivity index (χ3n) is 5.80. The maximum Gasteiger partial charge on any atom is 0.407 e. The van der Waals surface area contributed by atoms with Gasteiger partial charge >= 0.3 is 6.09 Å². The van der Waals surface area contributed by atoms with Crippen LogP contribution >= 0.6 is 0 Å². The van der Waals surface area contributed by atoms with Crippen LogP contribution in [-0.2, 0) is 21.5 Å². The maximum absolute atomic E-state index is 12.4. The zero-order chi connectivity index (χ0) is 20.4. The van der Waals surface area contributed by atoms with Crippen LogP contribution in [-0.4, -0.2) is 60.1 Å². The lowest BCUT2D eigenvalue weighted by molar-refractivity contribution is -0.139. The van der Waals surface area contributed by atoms with Crippen LogP contribution in [0.5, 0.6) is 0 Å². The van der Waals surface area contributed by atoms with Crippen molar-refractivity contribution in [2.24, 2.45) is 0 Å². The van der Waals surface area contributed by atoms with Crippen LogP contribution in [0.2, 0.25) is 0 Å². The molecule has 0 aliphatic carbocycles. The lowest BCUT2D eigenvalue weighted by Crippen LogP contribution is -2.58. The molecule has 2 aliphatic heterocycles. The third kappa shape index (κ3) is 4.49. The van der Waals surface area contributed by atoms with Gasteiger partial charge in [0, 0.05) is 39.6 Å². The van der Waals surface area contributed by atoms with E-state index in [-0.39, 0.29) is 17.5 Å².